The number of hydrazine groups is 1. The summed E-state index contributed by atoms with van der Waals surface area (Å²) >= 11 is 0. The van der Waals surface area contributed by atoms with E-state index in [-0.39, 0.29) is 0 Å². The molecule has 0 aliphatic carbocycles. The molecule has 0 fully saturated rings. The van der Waals surface area contributed by atoms with Gasteiger partial charge in [0.25, 0.3) is 0 Å². The lowest BCUT2D eigenvalue weighted by molar-refractivity contribution is 1.22. The molecule has 0 spiro atoms. The second kappa shape index (κ2) is 25.8. The van der Waals surface area contributed by atoms with E-state index in [1.807, 2.05) is 13.0 Å². The van der Waals surface area contributed by atoms with Crippen LogP contribution in [-0.4, -0.2) is 0 Å². The number of nitrogens with two attached hydrogens (primary N) is 2. The van der Waals surface area contributed by atoms with Gasteiger partial charge in [-0.1, -0.05) is 6.92 Å². The van der Waals surface area contributed by atoms with E-state index in [0.717, 1.165) is 0 Å². The first-order valence-electron chi connectivity index (χ1n) is 1.62. The molecule has 0 saturated heterocycles. The first kappa shape index (κ1) is 9.05. The fraction of sp³-hybridized carbons (Fsp3) is 0.667. The van der Waals surface area contributed by atoms with Gasteiger partial charge in [0, 0.05) is 6.42 Å². The molecule has 4 N–H and O–H groups in total. The predicted octanol–water partition coefficient (Wildman–Crippen LogP) is -0.261. The molecule has 3 nitrogen and oxygen atoms in total. The van der Waals surface area contributed by atoms with Crippen molar-refractivity contribution < 1.29 is 0 Å². The van der Waals surface area contributed by atoms with Crippen LogP contribution in [0.25, 0.3) is 0 Å². The zero-order valence-electron chi connectivity index (χ0n) is 3.81. The summed E-state index contributed by atoms with van der Waals surface area (Å²) in [6.45, 7) is 1.82. The normalized spacial score (nSPS) is 4.33. The number of nitrogens with zero attached hydrogens (tertiary/aromatic N) is 1. The van der Waals surface area contributed by atoms with Crippen LogP contribution in [0.2, 0.25) is 0 Å². The van der Waals surface area contributed by atoms with Gasteiger partial charge in [-0.3, -0.25) is 11.7 Å². The van der Waals surface area contributed by atoms with Crippen LogP contribution in [0.15, 0.2) is 0 Å². The third kappa shape index (κ3) is 118. The molecule has 0 saturated carbocycles. The largest absolute Gasteiger partial charge is 0.274 e. The highest BCUT2D eigenvalue weighted by Crippen LogP contribution is 1.58. The lowest BCUT2D eigenvalue weighted by atomic mass is 10.6. The van der Waals surface area contributed by atoms with Crippen molar-refractivity contribution in [1.82, 2.24) is 0 Å². The summed E-state index contributed by atoms with van der Waals surface area (Å²) in [5.41, 5.74) is 0. The van der Waals surface area contributed by atoms with E-state index in [1.165, 1.54) is 0 Å². The monoisotopic (exact) mass is 87.1 g/mol. The van der Waals surface area contributed by atoms with Crippen LogP contribution in [0.3, 0.4) is 0 Å². The average Bonchev–Trinajstić information content (AvgIpc) is 1.72. The third-order valence-corrected chi connectivity index (χ3v) is 0.158. The zero-order chi connectivity index (χ0) is 5.41. The second-order valence-corrected chi connectivity index (χ2v) is 0.512. The number of rotatable bonds is 0. The van der Waals surface area contributed by atoms with Crippen LogP contribution in [0.5, 0.6) is 0 Å². The summed E-state index contributed by atoms with van der Waals surface area (Å²) < 4.78 is 0. The molecule has 0 amide bonds. The maximum atomic E-state index is 7.62. The Balaban J connectivity index is 0. The van der Waals surface area contributed by atoms with Gasteiger partial charge in [0.2, 0.25) is 0 Å². The summed E-state index contributed by atoms with van der Waals surface area (Å²) in [7, 11) is 0. The fourth-order valence-corrected chi connectivity index (χ4v) is 0. The lowest BCUT2D eigenvalue weighted by Crippen LogP contribution is -2.02. The molecule has 0 bridgehead atoms. The first-order chi connectivity index (χ1) is 2.91. The van der Waals surface area contributed by atoms with Crippen molar-refractivity contribution in [2.45, 2.75) is 13.3 Å². The van der Waals surface area contributed by atoms with Gasteiger partial charge in [0.1, 0.15) is 0 Å². The summed E-state index contributed by atoms with van der Waals surface area (Å²) in [4.78, 5) is 0. The fourth-order valence-electron chi connectivity index (χ4n) is 0. The van der Waals surface area contributed by atoms with Crippen LogP contribution in [0.1, 0.15) is 13.3 Å². The molecule has 0 aliphatic heterocycles. The van der Waals surface area contributed by atoms with Crippen molar-refractivity contribution in [2.75, 3.05) is 0 Å². The highest BCUT2D eigenvalue weighted by Gasteiger charge is 1.49. The van der Waals surface area contributed by atoms with Crippen molar-refractivity contribution in [3.05, 3.63) is 0 Å². The molecule has 0 rings (SSSR count). The van der Waals surface area contributed by atoms with Crippen LogP contribution >= 0.6 is 0 Å². The Hall–Kier alpha value is -0.590. The molecule has 0 atom stereocenters. The minimum atomic E-state index is 0.625. The quantitative estimate of drug-likeness (QED) is 0.315. The van der Waals surface area contributed by atoms with Gasteiger partial charge in [-0.05, 0) is 0 Å². The molecular formula is C3H9N3. The van der Waals surface area contributed by atoms with Gasteiger partial charge in [-0.15, -0.1) is 0 Å². The molecule has 0 aliphatic rings. The molecule has 0 heterocycles. The zero-order valence-corrected chi connectivity index (χ0v) is 3.81. The van der Waals surface area contributed by atoms with Crippen molar-refractivity contribution >= 4 is 0 Å². The number of hydrogen-bond donors (Lipinski definition) is 2. The van der Waals surface area contributed by atoms with E-state index in [4.69, 9.17) is 5.26 Å². The van der Waals surface area contributed by atoms with Gasteiger partial charge < -0.3 is 0 Å². The van der Waals surface area contributed by atoms with Crippen LogP contribution in [-0.2, 0) is 0 Å². The maximum Gasteiger partial charge on any atom is 0.0618 e. The average molecular weight is 87.1 g/mol. The number of hydrogen-bond acceptors (Lipinski definition) is 3. The Kier molecular flexibility index (Phi) is 38.9. The minimum absolute atomic E-state index is 0.625. The molecule has 0 aromatic carbocycles. The van der Waals surface area contributed by atoms with Crippen molar-refractivity contribution in [2.24, 2.45) is 11.7 Å². The molecule has 0 aromatic rings. The molecule has 0 radical (unpaired) electrons. The van der Waals surface area contributed by atoms with Crippen molar-refractivity contribution in [3.8, 4) is 6.07 Å². The first-order valence-corrected chi connectivity index (χ1v) is 1.62. The van der Waals surface area contributed by atoms with E-state index < -0.39 is 0 Å². The Morgan fingerprint density at radius 1 is 1.67 bits per heavy atom. The Morgan fingerprint density at radius 2 is 1.83 bits per heavy atom. The summed E-state index contributed by atoms with van der Waals surface area (Å²) in [5, 5.41) is 7.62. The van der Waals surface area contributed by atoms with Crippen molar-refractivity contribution in [3.63, 3.8) is 0 Å². The molecule has 36 valence electrons. The molecule has 6 heavy (non-hydrogen) atoms. The molecule has 3 heteroatoms. The molecular weight excluding hydrogens is 78.1 g/mol. The van der Waals surface area contributed by atoms with E-state index in [9.17, 15) is 0 Å². The van der Waals surface area contributed by atoms with E-state index >= 15 is 0 Å². The van der Waals surface area contributed by atoms with Gasteiger partial charge in [-0.2, -0.15) is 5.26 Å². The predicted molar refractivity (Wildman–Crippen MR) is 24.3 cm³/mol. The van der Waals surface area contributed by atoms with Gasteiger partial charge in [0.05, 0.1) is 6.07 Å². The number of nitriles is 1. The Labute approximate surface area is 37.5 Å². The van der Waals surface area contributed by atoms with Crippen molar-refractivity contribution in [1.29, 1.82) is 5.26 Å². The minimum Gasteiger partial charge on any atom is -0.274 e. The van der Waals surface area contributed by atoms with Crippen LogP contribution in [0, 0.1) is 11.3 Å². The standard InChI is InChI=1S/C3H5N.H4N2/c1-2-3-4;1-2/h2H2,1H3;1-2H2. The van der Waals surface area contributed by atoms with Crippen LogP contribution in [0.4, 0.5) is 0 Å². The smallest absolute Gasteiger partial charge is 0.0618 e. The Morgan fingerprint density at radius 3 is 1.83 bits per heavy atom. The second-order valence-electron chi connectivity index (χ2n) is 0.512. The van der Waals surface area contributed by atoms with Crippen LogP contribution < -0.4 is 11.7 Å². The topological polar surface area (TPSA) is 75.8 Å². The Bertz CT molecular complexity index is 35.8. The molecule has 0 aromatic heterocycles. The lowest BCUT2D eigenvalue weighted by Gasteiger charge is -1.47. The molecule has 0 unspecified atom stereocenters. The van der Waals surface area contributed by atoms with Gasteiger partial charge in [0.15, 0.2) is 0 Å². The van der Waals surface area contributed by atoms with Gasteiger partial charge >= 0.3 is 0 Å². The van der Waals surface area contributed by atoms with Gasteiger partial charge in [-0.25, -0.2) is 0 Å². The van der Waals surface area contributed by atoms with E-state index in [2.05, 4.69) is 11.7 Å². The highest BCUT2D eigenvalue weighted by atomic mass is 15.0. The maximum absolute atomic E-state index is 7.62. The highest BCUT2D eigenvalue weighted by molar-refractivity contribution is 4.61. The summed E-state index contributed by atoms with van der Waals surface area (Å²) in [6.07, 6.45) is 0.625. The summed E-state index contributed by atoms with van der Waals surface area (Å²) in [5.74, 6) is 8.00. The van der Waals surface area contributed by atoms with E-state index in [1.54, 1.807) is 0 Å². The van der Waals surface area contributed by atoms with E-state index in [0.29, 0.717) is 6.42 Å². The third-order valence-electron chi connectivity index (χ3n) is 0.158. The SMILES string of the molecule is CCC#N.NN. The summed E-state index contributed by atoms with van der Waals surface area (Å²) in [6, 6.07) is 1.93.